The highest BCUT2D eigenvalue weighted by atomic mass is 16.5. The van der Waals surface area contributed by atoms with Crippen LogP contribution in [0.15, 0.2) is 24.3 Å². The lowest BCUT2D eigenvalue weighted by Crippen LogP contribution is -2.49. The summed E-state index contributed by atoms with van der Waals surface area (Å²) in [5.41, 5.74) is 8.35. The molecule has 0 radical (unpaired) electrons. The second-order valence-corrected chi connectivity index (χ2v) is 3.94. The number of nitrogens with two attached hydrogens (primary N) is 1. The number of rotatable bonds is 2. The van der Waals surface area contributed by atoms with E-state index in [1.54, 1.807) is 0 Å². The van der Waals surface area contributed by atoms with Crippen LogP contribution in [0.3, 0.4) is 0 Å². The average Bonchev–Trinajstić information content (AvgIpc) is 2.30. The number of hydrogen-bond acceptors (Lipinski definition) is 3. The van der Waals surface area contributed by atoms with Crippen LogP contribution in [-0.4, -0.2) is 32.3 Å². The lowest BCUT2D eigenvalue weighted by molar-refractivity contribution is 0.0962. The van der Waals surface area contributed by atoms with Gasteiger partial charge in [0.15, 0.2) is 0 Å². The number of hydrogen-bond donors (Lipinski definition) is 1. The number of para-hydroxylation sites is 1. The van der Waals surface area contributed by atoms with Gasteiger partial charge in [-0.2, -0.15) is 0 Å². The minimum atomic E-state index is 0.319. The zero-order valence-corrected chi connectivity index (χ0v) is 9.15. The number of anilines is 1. The molecular weight excluding hydrogens is 188 g/mol. The Morgan fingerprint density at radius 1 is 1.47 bits per heavy atom. The van der Waals surface area contributed by atoms with Crippen LogP contribution in [0.2, 0.25) is 0 Å². The third-order valence-corrected chi connectivity index (χ3v) is 2.92. The molecule has 3 nitrogen and oxygen atoms in total. The van der Waals surface area contributed by atoms with Crippen molar-refractivity contribution in [1.29, 1.82) is 0 Å². The van der Waals surface area contributed by atoms with Crippen LogP contribution in [0.25, 0.3) is 0 Å². The summed E-state index contributed by atoms with van der Waals surface area (Å²) in [6, 6.07) is 8.75. The first-order valence-electron chi connectivity index (χ1n) is 5.43. The van der Waals surface area contributed by atoms with Crippen LogP contribution in [-0.2, 0) is 4.74 Å². The van der Waals surface area contributed by atoms with Crippen molar-refractivity contribution in [2.75, 3.05) is 31.2 Å². The molecule has 2 rings (SSSR count). The minimum Gasteiger partial charge on any atom is -0.377 e. The van der Waals surface area contributed by atoms with Gasteiger partial charge in [-0.25, -0.2) is 0 Å². The van der Waals surface area contributed by atoms with Crippen LogP contribution in [0, 0.1) is 6.92 Å². The molecule has 0 aromatic heterocycles. The second-order valence-electron chi connectivity index (χ2n) is 3.94. The van der Waals surface area contributed by atoms with E-state index in [-0.39, 0.29) is 0 Å². The SMILES string of the molecule is Cc1ccccc1N1CCOCC1CN. The Morgan fingerprint density at radius 3 is 3.00 bits per heavy atom. The third kappa shape index (κ3) is 2.13. The maximum atomic E-state index is 5.76. The molecule has 15 heavy (non-hydrogen) atoms. The standard InChI is InChI=1S/C12H18N2O/c1-10-4-2-3-5-12(10)14-6-7-15-9-11(14)8-13/h2-5,11H,6-9,13H2,1H3. The van der Waals surface area contributed by atoms with E-state index in [4.69, 9.17) is 10.5 Å². The molecule has 0 aliphatic carbocycles. The van der Waals surface area contributed by atoms with Gasteiger partial charge in [0.05, 0.1) is 19.3 Å². The molecule has 1 aromatic carbocycles. The summed E-state index contributed by atoms with van der Waals surface area (Å²) in [6.07, 6.45) is 0. The number of aryl methyl sites for hydroxylation is 1. The van der Waals surface area contributed by atoms with Crippen LogP contribution < -0.4 is 10.6 Å². The molecule has 1 heterocycles. The summed E-state index contributed by atoms with van der Waals surface area (Å²) in [5.74, 6) is 0. The topological polar surface area (TPSA) is 38.5 Å². The Labute approximate surface area is 90.8 Å². The minimum absolute atomic E-state index is 0.319. The lowest BCUT2D eigenvalue weighted by atomic mass is 10.1. The van der Waals surface area contributed by atoms with Crippen molar-refractivity contribution < 1.29 is 4.74 Å². The van der Waals surface area contributed by atoms with Crippen molar-refractivity contribution in [2.45, 2.75) is 13.0 Å². The summed E-state index contributed by atoms with van der Waals surface area (Å²) in [7, 11) is 0. The molecule has 1 aromatic rings. The Hall–Kier alpha value is -1.06. The van der Waals surface area contributed by atoms with Crippen molar-refractivity contribution in [3.63, 3.8) is 0 Å². The Bertz CT molecular complexity index is 327. The van der Waals surface area contributed by atoms with Crippen molar-refractivity contribution in [2.24, 2.45) is 5.73 Å². The molecule has 0 bridgehead atoms. The third-order valence-electron chi connectivity index (χ3n) is 2.92. The maximum absolute atomic E-state index is 5.76. The smallest absolute Gasteiger partial charge is 0.0683 e. The molecule has 1 fully saturated rings. The average molecular weight is 206 g/mol. The molecule has 1 aliphatic rings. The molecule has 1 aliphatic heterocycles. The molecule has 0 amide bonds. The van der Waals surface area contributed by atoms with E-state index in [9.17, 15) is 0 Å². The first kappa shape index (κ1) is 10.5. The van der Waals surface area contributed by atoms with E-state index in [1.807, 2.05) is 0 Å². The van der Waals surface area contributed by atoms with Gasteiger partial charge in [0.1, 0.15) is 0 Å². The Morgan fingerprint density at radius 2 is 2.27 bits per heavy atom. The van der Waals surface area contributed by atoms with Crippen molar-refractivity contribution in [3.8, 4) is 0 Å². The predicted molar refractivity (Wildman–Crippen MR) is 62.2 cm³/mol. The van der Waals surface area contributed by atoms with Gasteiger partial charge in [0.25, 0.3) is 0 Å². The van der Waals surface area contributed by atoms with Crippen molar-refractivity contribution >= 4 is 5.69 Å². The van der Waals surface area contributed by atoms with E-state index in [0.717, 1.165) is 19.8 Å². The zero-order valence-electron chi connectivity index (χ0n) is 9.15. The maximum Gasteiger partial charge on any atom is 0.0683 e. The van der Waals surface area contributed by atoms with Gasteiger partial charge in [-0.1, -0.05) is 18.2 Å². The van der Waals surface area contributed by atoms with E-state index >= 15 is 0 Å². The number of benzene rings is 1. The van der Waals surface area contributed by atoms with Crippen LogP contribution in [0.1, 0.15) is 5.56 Å². The Kier molecular flexibility index (Phi) is 3.23. The zero-order chi connectivity index (χ0) is 10.7. The fourth-order valence-electron chi connectivity index (χ4n) is 2.05. The van der Waals surface area contributed by atoms with E-state index in [1.165, 1.54) is 11.3 Å². The largest absolute Gasteiger partial charge is 0.377 e. The number of nitrogens with zero attached hydrogens (tertiary/aromatic N) is 1. The van der Waals surface area contributed by atoms with Gasteiger partial charge in [-0.3, -0.25) is 0 Å². The fourth-order valence-corrected chi connectivity index (χ4v) is 2.05. The summed E-state index contributed by atoms with van der Waals surface area (Å²) in [5, 5.41) is 0. The molecule has 1 saturated heterocycles. The van der Waals surface area contributed by atoms with Crippen LogP contribution in [0.4, 0.5) is 5.69 Å². The molecule has 1 unspecified atom stereocenters. The summed E-state index contributed by atoms with van der Waals surface area (Å²) in [4.78, 5) is 2.36. The monoisotopic (exact) mass is 206 g/mol. The van der Waals surface area contributed by atoms with Crippen LogP contribution >= 0.6 is 0 Å². The van der Waals surface area contributed by atoms with Gasteiger partial charge < -0.3 is 15.4 Å². The molecule has 1 atom stereocenters. The highest BCUT2D eigenvalue weighted by Crippen LogP contribution is 2.22. The van der Waals surface area contributed by atoms with Crippen molar-refractivity contribution in [1.82, 2.24) is 0 Å². The number of morpholine rings is 1. The second kappa shape index (κ2) is 4.64. The van der Waals surface area contributed by atoms with Gasteiger partial charge >= 0.3 is 0 Å². The molecular formula is C12H18N2O. The first-order chi connectivity index (χ1) is 7.33. The van der Waals surface area contributed by atoms with E-state index < -0.39 is 0 Å². The summed E-state index contributed by atoms with van der Waals surface area (Å²) in [6.45, 7) is 5.26. The first-order valence-corrected chi connectivity index (χ1v) is 5.43. The lowest BCUT2D eigenvalue weighted by Gasteiger charge is -2.37. The van der Waals surface area contributed by atoms with Gasteiger partial charge in [-0.05, 0) is 18.6 Å². The normalized spacial score (nSPS) is 21.7. The molecule has 0 spiro atoms. The molecule has 3 heteroatoms. The molecule has 0 saturated carbocycles. The Balaban J connectivity index is 2.24. The summed E-state index contributed by atoms with van der Waals surface area (Å²) >= 11 is 0. The quantitative estimate of drug-likeness (QED) is 0.789. The van der Waals surface area contributed by atoms with Gasteiger partial charge in [0, 0.05) is 18.8 Å². The highest BCUT2D eigenvalue weighted by molar-refractivity contribution is 5.54. The van der Waals surface area contributed by atoms with Crippen molar-refractivity contribution in [3.05, 3.63) is 29.8 Å². The molecule has 82 valence electrons. The highest BCUT2D eigenvalue weighted by Gasteiger charge is 2.22. The van der Waals surface area contributed by atoms with E-state index in [2.05, 4.69) is 36.1 Å². The van der Waals surface area contributed by atoms with Gasteiger partial charge in [-0.15, -0.1) is 0 Å². The van der Waals surface area contributed by atoms with E-state index in [0.29, 0.717) is 12.6 Å². The van der Waals surface area contributed by atoms with Gasteiger partial charge in [0.2, 0.25) is 0 Å². The van der Waals surface area contributed by atoms with Crippen LogP contribution in [0.5, 0.6) is 0 Å². The number of ether oxygens (including phenoxy) is 1. The fraction of sp³-hybridized carbons (Fsp3) is 0.500. The summed E-state index contributed by atoms with van der Waals surface area (Å²) < 4.78 is 5.44. The predicted octanol–water partition coefficient (Wildman–Crippen LogP) is 1.16. The molecule has 2 N–H and O–H groups in total.